The Bertz CT molecular complexity index is 415. The van der Waals surface area contributed by atoms with E-state index in [2.05, 4.69) is 24.1 Å². The van der Waals surface area contributed by atoms with E-state index in [4.69, 9.17) is 11.6 Å². The molecular formula is C15H22ClFN2. The van der Waals surface area contributed by atoms with Gasteiger partial charge in [0.1, 0.15) is 5.82 Å². The van der Waals surface area contributed by atoms with Gasteiger partial charge in [-0.25, -0.2) is 4.39 Å². The highest BCUT2D eigenvalue weighted by Crippen LogP contribution is 2.25. The van der Waals surface area contributed by atoms with Crippen molar-refractivity contribution >= 4 is 17.3 Å². The molecule has 0 unspecified atom stereocenters. The van der Waals surface area contributed by atoms with Crippen LogP contribution in [0.15, 0.2) is 18.2 Å². The molecule has 0 aliphatic carbocycles. The number of hydrogen-bond acceptors (Lipinski definition) is 2. The SMILES string of the molecule is CC(C)CN1CCC(Nc2ccc(F)cc2Cl)CC1. The molecule has 0 bridgehead atoms. The van der Waals surface area contributed by atoms with Crippen LogP contribution in [0.4, 0.5) is 10.1 Å². The van der Waals surface area contributed by atoms with E-state index in [0.717, 1.165) is 37.5 Å². The molecule has 2 rings (SSSR count). The van der Waals surface area contributed by atoms with Crippen molar-refractivity contribution in [3.63, 3.8) is 0 Å². The first kappa shape index (κ1) is 14.6. The summed E-state index contributed by atoms with van der Waals surface area (Å²) in [6.45, 7) is 7.92. The van der Waals surface area contributed by atoms with Crippen LogP contribution in [0.1, 0.15) is 26.7 Å². The number of nitrogens with one attached hydrogen (secondary N) is 1. The van der Waals surface area contributed by atoms with Gasteiger partial charge in [-0.1, -0.05) is 25.4 Å². The van der Waals surface area contributed by atoms with E-state index >= 15 is 0 Å². The Morgan fingerprint density at radius 2 is 2.05 bits per heavy atom. The summed E-state index contributed by atoms with van der Waals surface area (Å²) in [5.74, 6) is 0.429. The summed E-state index contributed by atoms with van der Waals surface area (Å²) < 4.78 is 13.0. The fraction of sp³-hybridized carbons (Fsp3) is 0.600. The Hall–Kier alpha value is -0.800. The minimum absolute atomic E-state index is 0.290. The van der Waals surface area contributed by atoms with Gasteiger partial charge in [-0.15, -0.1) is 0 Å². The van der Waals surface area contributed by atoms with Crippen molar-refractivity contribution < 1.29 is 4.39 Å². The van der Waals surface area contributed by atoms with E-state index in [1.165, 1.54) is 18.7 Å². The molecule has 0 amide bonds. The van der Waals surface area contributed by atoms with E-state index in [1.54, 1.807) is 6.07 Å². The summed E-state index contributed by atoms with van der Waals surface area (Å²) in [6, 6.07) is 4.96. The molecule has 1 saturated heterocycles. The van der Waals surface area contributed by atoms with E-state index in [0.29, 0.717) is 11.1 Å². The lowest BCUT2D eigenvalue weighted by Crippen LogP contribution is -2.40. The zero-order chi connectivity index (χ0) is 13.8. The van der Waals surface area contributed by atoms with Gasteiger partial charge in [0, 0.05) is 25.7 Å². The van der Waals surface area contributed by atoms with Crippen molar-refractivity contribution in [2.45, 2.75) is 32.7 Å². The molecule has 2 nitrogen and oxygen atoms in total. The molecule has 1 aliphatic rings. The number of benzene rings is 1. The number of rotatable bonds is 4. The Morgan fingerprint density at radius 3 is 2.63 bits per heavy atom. The first-order chi connectivity index (χ1) is 9.04. The highest BCUT2D eigenvalue weighted by molar-refractivity contribution is 6.33. The molecule has 0 aromatic heterocycles. The summed E-state index contributed by atoms with van der Waals surface area (Å²) in [4.78, 5) is 2.51. The second-order valence-corrected chi connectivity index (χ2v) is 6.14. The predicted octanol–water partition coefficient (Wildman–Crippen LogP) is 4.01. The molecule has 1 aromatic carbocycles. The molecular weight excluding hydrogens is 263 g/mol. The van der Waals surface area contributed by atoms with Crippen LogP contribution in [0.3, 0.4) is 0 Å². The third kappa shape index (κ3) is 4.36. The second kappa shape index (κ2) is 6.58. The molecule has 1 aliphatic heterocycles. The molecule has 1 N–H and O–H groups in total. The van der Waals surface area contributed by atoms with Crippen molar-refractivity contribution in [3.8, 4) is 0 Å². The van der Waals surface area contributed by atoms with Crippen LogP contribution in [0, 0.1) is 11.7 Å². The molecule has 0 saturated carbocycles. The van der Waals surface area contributed by atoms with Gasteiger partial charge in [0.15, 0.2) is 0 Å². The number of halogens is 2. The van der Waals surface area contributed by atoms with E-state index in [-0.39, 0.29) is 5.82 Å². The Labute approximate surface area is 119 Å². The van der Waals surface area contributed by atoms with E-state index in [9.17, 15) is 4.39 Å². The van der Waals surface area contributed by atoms with Gasteiger partial charge < -0.3 is 10.2 Å². The number of nitrogens with zero attached hydrogens (tertiary/aromatic N) is 1. The van der Waals surface area contributed by atoms with Crippen LogP contribution in [0.25, 0.3) is 0 Å². The van der Waals surface area contributed by atoms with Gasteiger partial charge in [0.05, 0.1) is 10.7 Å². The molecule has 19 heavy (non-hydrogen) atoms. The smallest absolute Gasteiger partial charge is 0.124 e. The maximum atomic E-state index is 13.0. The standard InChI is InChI=1S/C15H22ClFN2/c1-11(2)10-19-7-5-13(6-8-19)18-15-4-3-12(17)9-14(15)16/h3-4,9,11,13,18H,5-8,10H2,1-2H3. The Morgan fingerprint density at radius 1 is 1.37 bits per heavy atom. The molecule has 0 radical (unpaired) electrons. The number of piperidine rings is 1. The number of hydrogen-bond donors (Lipinski definition) is 1. The monoisotopic (exact) mass is 284 g/mol. The normalized spacial score (nSPS) is 17.9. The van der Waals surface area contributed by atoms with E-state index < -0.39 is 0 Å². The average Bonchev–Trinajstić information content (AvgIpc) is 2.34. The topological polar surface area (TPSA) is 15.3 Å². The van der Waals surface area contributed by atoms with Gasteiger partial charge in [-0.05, 0) is 37.0 Å². The van der Waals surface area contributed by atoms with Gasteiger partial charge in [0.25, 0.3) is 0 Å². The maximum Gasteiger partial charge on any atom is 0.124 e. The molecule has 1 aromatic rings. The Balaban J connectivity index is 1.85. The average molecular weight is 285 g/mol. The fourth-order valence-electron chi connectivity index (χ4n) is 2.60. The lowest BCUT2D eigenvalue weighted by molar-refractivity contribution is 0.198. The van der Waals surface area contributed by atoms with Crippen LogP contribution in [-0.4, -0.2) is 30.6 Å². The molecule has 0 atom stereocenters. The van der Waals surface area contributed by atoms with Gasteiger partial charge in [0.2, 0.25) is 0 Å². The predicted molar refractivity (Wildman–Crippen MR) is 79.3 cm³/mol. The lowest BCUT2D eigenvalue weighted by atomic mass is 10.0. The first-order valence-corrected chi connectivity index (χ1v) is 7.36. The van der Waals surface area contributed by atoms with Crippen molar-refractivity contribution in [1.82, 2.24) is 4.90 Å². The van der Waals surface area contributed by atoms with Crippen molar-refractivity contribution in [2.24, 2.45) is 5.92 Å². The lowest BCUT2D eigenvalue weighted by Gasteiger charge is -2.33. The second-order valence-electron chi connectivity index (χ2n) is 5.74. The van der Waals surface area contributed by atoms with Crippen LogP contribution < -0.4 is 5.32 Å². The summed E-state index contributed by atoms with van der Waals surface area (Å²) in [7, 11) is 0. The molecule has 1 fully saturated rings. The number of anilines is 1. The number of likely N-dealkylation sites (tertiary alicyclic amines) is 1. The molecule has 106 valence electrons. The molecule has 4 heteroatoms. The van der Waals surface area contributed by atoms with Crippen LogP contribution in [0.2, 0.25) is 5.02 Å². The van der Waals surface area contributed by atoms with Crippen LogP contribution >= 0.6 is 11.6 Å². The van der Waals surface area contributed by atoms with Crippen LogP contribution in [-0.2, 0) is 0 Å². The highest BCUT2D eigenvalue weighted by atomic mass is 35.5. The molecule has 0 spiro atoms. The summed E-state index contributed by atoms with van der Waals surface area (Å²) in [5, 5.41) is 3.89. The molecule has 1 heterocycles. The summed E-state index contributed by atoms with van der Waals surface area (Å²) >= 11 is 6.03. The zero-order valence-electron chi connectivity index (χ0n) is 11.6. The van der Waals surface area contributed by atoms with Gasteiger partial charge >= 0.3 is 0 Å². The fourth-order valence-corrected chi connectivity index (χ4v) is 2.82. The minimum Gasteiger partial charge on any atom is -0.381 e. The van der Waals surface area contributed by atoms with Crippen molar-refractivity contribution in [3.05, 3.63) is 29.0 Å². The largest absolute Gasteiger partial charge is 0.381 e. The third-order valence-corrected chi connectivity index (χ3v) is 3.81. The Kier molecular flexibility index (Phi) is 5.06. The van der Waals surface area contributed by atoms with Crippen molar-refractivity contribution in [1.29, 1.82) is 0 Å². The van der Waals surface area contributed by atoms with E-state index in [1.807, 2.05) is 0 Å². The third-order valence-electron chi connectivity index (χ3n) is 3.50. The first-order valence-electron chi connectivity index (χ1n) is 6.98. The summed E-state index contributed by atoms with van der Waals surface area (Å²) in [5.41, 5.74) is 0.838. The summed E-state index contributed by atoms with van der Waals surface area (Å²) in [6.07, 6.45) is 2.22. The zero-order valence-corrected chi connectivity index (χ0v) is 12.4. The van der Waals surface area contributed by atoms with Gasteiger partial charge in [-0.3, -0.25) is 0 Å². The highest BCUT2D eigenvalue weighted by Gasteiger charge is 2.20. The van der Waals surface area contributed by atoms with Gasteiger partial charge in [-0.2, -0.15) is 0 Å². The van der Waals surface area contributed by atoms with Crippen molar-refractivity contribution in [2.75, 3.05) is 25.0 Å². The van der Waals surface area contributed by atoms with Crippen LogP contribution in [0.5, 0.6) is 0 Å². The quantitative estimate of drug-likeness (QED) is 0.899. The maximum absolute atomic E-state index is 13.0. The minimum atomic E-state index is -0.290.